The van der Waals surface area contributed by atoms with Crippen molar-refractivity contribution in [2.24, 2.45) is 0 Å². The van der Waals surface area contributed by atoms with Crippen LogP contribution in [0.4, 0.5) is 0 Å². The van der Waals surface area contributed by atoms with Gasteiger partial charge in [0, 0.05) is 0 Å². The van der Waals surface area contributed by atoms with E-state index in [1.54, 1.807) is 72.8 Å². The molecule has 3 aromatic rings. The molecule has 10 nitrogen and oxygen atoms in total. The van der Waals surface area contributed by atoms with E-state index in [1.165, 1.54) is 135 Å². The maximum atomic E-state index is 11.5. The van der Waals surface area contributed by atoms with Gasteiger partial charge in [0.1, 0.15) is 30.4 Å². The van der Waals surface area contributed by atoms with Crippen molar-refractivity contribution in [2.75, 3.05) is 0 Å². The molecular weight excluding hydrogens is 1070 g/mol. The first-order valence-corrected chi connectivity index (χ1v) is 34.2. The van der Waals surface area contributed by atoms with Crippen molar-refractivity contribution in [3.05, 3.63) is 108 Å². The van der Waals surface area contributed by atoms with E-state index in [-0.39, 0.29) is 0 Å². The zero-order valence-electron chi connectivity index (χ0n) is 46.6. The van der Waals surface area contributed by atoms with Crippen LogP contribution in [0.15, 0.2) is 91.0 Å². The molecule has 14 heteroatoms. The first kappa shape index (κ1) is 72.2. The summed E-state index contributed by atoms with van der Waals surface area (Å²) in [7, 11) is -12.8. The SMILES string of the molecule is CC(C)[O][Zr+3].CCCCCCCCCCCCC(c1ccccc1)S(=O)(=O)[O-].CCCCCCCCCCCCC(c1ccccc1)S(=O)(=O)[O-].CCCCCCCCCCCCC(c1ccccc1)S(=O)(=O)[O-]. The van der Waals surface area contributed by atoms with E-state index in [2.05, 4.69) is 20.8 Å². The van der Waals surface area contributed by atoms with E-state index in [0.29, 0.717) is 42.1 Å². The van der Waals surface area contributed by atoms with Gasteiger partial charge in [-0.1, -0.05) is 304 Å². The van der Waals surface area contributed by atoms with E-state index in [4.69, 9.17) is 2.81 Å². The summed E-state index contributed by atoms with van der Waals surface area (Å²) in [4.78, 5) is 0. The van der Waals surface area contributed by atoms with Gasteiger partial charge in [-0.3, -0.25) is 0 Å². The van der Waals surface area contributed by atoms with Gasteiger partial charge < -0.3 is 13.7 Å². The van der Waals surface area contributed by atoms with Crippen LogP contribution in [0, 0.1) is 0 Å². The van der Waals surface area contributed by atoms with Crippen LogP contribution in [0.1, 0.15) is 279 Å². The summed E-state index contributed by atoms with van der Waals surface area (Å²) >= 11 is 1.16. The molecule has 0 aliphatic rings. The van der Waals surface area contributed by atoms with Crippen LogP contribution >= 0.6 is 0 Å². The predicted octanol–water partition coefficient (Wildman–Crippen LogP) is 17.6. The maximum Gasteiger partial charge on any atom is 0.102 e. The zero-order valence-corrected chi connectivity index (χ0v) is 51.5. The molecule has 3 unspecified atom stereocenters. The molecule has 74 heavy (non-hydrogen) atoms. The largest absolute Gasteiger partial charge is 0.747 e. The molecule has 0 aromatic heterocycles. The molecule has 0 saturated carbocycles. The smallest absolute Gasteiger partial charge is 0.102 e. The van der Waals surface area contributed by atoms with E-state index in [1.807, 2.05) is 32.0 Å². The first-order chi connectivity index (χ1) is 35.4. The average molecular weight is 1170 g/mol. The molecule has 0 amide bonds. The molecule has 0 spiro atoms. The maximum absolute atomic E-state index is 11.5. The van der Waals surface area contributed by atoms with Gasteiger partial charge in [0.15, 0.2) is 0 Å². The summed E-state index contributed by atoms with van der Waals surface area (Å²) in [6.07, 6.45) is 37.8. The van der Waals surface area contributed by atoms with Crippen LogP contribution in [0.25, 0.3) is 0 Å². The summed E-state index contributed by atoms with van der Waals surface area (Å²) in [6, 6.07) is 26.6. The Bertz CT molecular complexity index is 1800. The van der Waals surface area contributed by atoms with Gasteiger partial charge in [-0.15, -0.1) is 0 Å². The Morgan fingerprint density at radius 3 is 0.649 bits per heavy atom. The van der Waals surface area contributed by atoms with E-state index in [9.17, 15) is 38.9 Å². The fourth-order valence-corrected chi connectivity index (χ4v) is 11.7. The summed E-state index contributed by atoms with van der Waals surface area (Å²) in [6.45, 7) is 10.7. The Hall–Kier alpha value is -1.77. The van der Waals surface area contributed by atoms with Gasteiger partial charge in [0.25, 0.3) is 0 Å². The minimum atomic E-state index is -4.28. The minimum Gasteiger partial charge on any atom is -0.747 e. The van der Waals surface area contributed by atoms with E-state index in [0.717, 1.165) is 82.9 Å². The Morgan fingerprint density at radius 2 is 0.500 bits per heavy atom. The topological polar surface area (TPSA) is 181 Å². The molecule has 3 aromatic carbocycles. The van der Waals surface area contributed by atoms with E-state index >= 15 is 0 Å². The third-order valence-corrected chi connectivity index (χ3v) is 18.0. The number of hydrogen-bond acceptors (Lipinski definition) is 10. The molecule has 0 fully saturated rings. The van der Waals surface area contributed by atoms with Crippen LogP contribution in [0.3, 0.4) is 0 Å². The van der Waals surface area contributed by atoms with Crippen molar-refractivity contribution in [3.8, 4) is 0 Å². The second kappa shape index (κ2) is 47.3. The monoisotopic (exact) mass is 1170 g/mol. The third-order valence-electron chi connectivity index (χ3n) is 13.3. The molecule has 0 N–H and O–H groups in total. The fourth-order valence-electron chi connectivity index (χ4n) is 8.89. The van der Waals surface area contributed by atoms with Crippen LogP contribution in [-0.4, -0.2) is 45.0 Å². The van der Waals surface area contributed by atoms with E-state index < -0.39 is 46.1 Å². The van der Waals surface area contributed by atoms with Gasteiger partial charge in [-0.25, -0.2) is 25.3 Å². The van der Waals surface area contributed by atoms with Crippen LogP contribution in [0.2, 0.25) is 0 Å². The quantitative estimate of drug-likeness (QED) is 0.0393. The standard InChI is InChI=1S/3C19H32O3S.C3H7O.Zr/c3*1-2-3-4-5-6-7-8-9-10-14-17-19(23(20,21)22)18-15-12-11-13-16-18;1-3(2)4;/h3*11-13,15-16,19H,2-10,14,17H2,1H3,(H,20,21,22);3H,1-2H3;/q;;;-1;+4/p-3. The zero-order chi connectivity index (χ0) is 55.2. The Labute approximate surface area is 469 Å². The van der Waals surface area contributed by atoms with Crippen LogP contribution < -0.4 is 0 Å². The number of unbranched alkanes of at least 4 members (excludes halogenated alkanes) is 27. The molecule has 0 aliphatic carbocycles. The second-order valence-corrected chi connectivity index (χ2v) is 25.5. The normalized spacial score (nSPS) is 12.9. The van der Waals surface area contributed by atoms with Crippen molar-refractivity contribution in [1.29, 1.82) is 0 Å². The Balaban J connectivity index is 0.00000103. The first-order valence-electron chi connectivity index (χ1n) is 28.7. The van der Waals surface area contributed by atoms with Gasteiger partial charge in [0.05, 0.1) is 15.7 Å². The van der Waals surface area contributed by atoms with Crippen molar-refractivity contribution in [2.45, 2.75) is 268 Å². The molecule has 422 valence electrons. The molecule has 0 radical (unpaired) electrons. The van der Waals surface area contributed by atoms with Gasteiger partial charge in [0.2, 0.25) is 0 Å². The van der Waals surface area contributed by atoms with Gasteiger partial charge in [-0.2, -0.15) is 0 Å². The summed E-state index contributed by atoms with van der Waals surface area (Å²) < 4.78 is 108. The van der Waals surface area contributed by atoms with Crippen molar-refractivity contribution >= 4 is 30.4 Å². The van der Waals surface area contributed by atoms with Crippen molar-refractivity contribution < 1.29 is 66.9 Å². The second-order valence-electron chi connectivity index (χ2n) is 20.3. The fraction of sp³-hybridized carbons (Fsp3) is 0.700. The average Bonchev–Trinajstić information content (AvgIpc) is 3.37. The predicted molar refractivity (Wildman–Crippen MR) is 302 cm³/mol. The minimum absolute atomic E-state index is 0.424. The molecular formula is C60H100O10S3Zr. The van der Waals surface area contributed by atoms with Crippen molar-refractivity contribution in [3.63, 3.8) is 0 Å². The summed E-state index contributed by atoms with van der Waals surface area (Å²) in [5.74, 6) is 0. The number of hydrogen-bond donors (Lipinski definition) is 0. The van der Waals surface area contributed by atoms with Gasteiger partial charge in [-0.05, 0) is 36.0 Å². The summed E-state index contributed by atoms with van der Waals surface area (Å²) in [5, 5.41) is -2.67. The Morgan fingerprint density at radius 1 is 0.338 bits per heavy atom. The molecule has 0 bridgehead atoms. The molecule has 0 heterocycles. The molecule has 3 atom stereocenters. The number of rotatable bonds is 40. The summed E-state index contributed by atoms with van der Waals surface area (Å²) in [5.41, 5.74) is 1.87. The molecule has 0 saturated heterocycles. The van der Waals surface area contributed by atoms with Crippen LogP contribution in [0.5, 0.6) is 0 Å². The molecule has 0 aliphatic heterocycles. The third kappa shape index (κ3) is 41.3. The number of benzene rings is 3. The van der Waals surface area contributed by atoms with Crippen LogP contribution in [-0.2, 0) is 58.3 Å². The van der Waals surface area contributed by atoms with Gasteiger partial charge >= 0.3 is 47.9 Å². The Kier molecular flexibility index (Phi) is 46.1. The molecule has 3 rings (SSSR count). The van der Waals surface area contributed by atoms with Crippen molar-refractivity contribution in [1.82, 2.24) is 0 Å².